The largest absolute Gasteiger partial charge is 0.364 e. The average molecular weight is 306 g/mol. The second kappa shape index (κ2) is 4.81. The predicted octanol–water partition coefficient (Wildman–Crippen LogP) is 2.54. The van der Waals surface area contributed by atoms with Crippen molar-refractivity contribution in [3.05, 3.63) is 71.4 Å². The highest BCUT2D eigenvalue weighted by molar-refractivity contribution is 6.21. The zero-order valence-electron chi connectivity index (χ0n) is 11.8. The highest BCUT2D eigenvalue weighted by Gasteiger charge is 2.38. The van der Waals surface area contributed by atoms with Gasteiger partial charge in [-0.3, -0.25) is 9.59 Å². The monoisotopic (exact) mass is 306 g/mol. The highest BCUT2D eigenvalue weighted by atomic mass is 16.7. The second-order valence-electron chi connectivity index (χ2n) is 5.07. The standard InChI is InChI=1S/C17H10N2O4/c20-15-11-4-1-2-5-12(11)16(21)19(15)23-17(22)13-6-3-7-14-10(13)8-9-18-14/h1-9,18H. The van der Waals surface area contributed by atoms with Gasteiger partial charge in [-0.05, 0) is 30.3 Å². The molecule has 0 radical (unpaired) electrons. The van der Waals surface area contributed by atoms with E-state index in [9.17, 15) is 14.4 Å². The fourth-order valence-electron chi connectivity index (χ4n) is 2.65. The summed E-state index contributed by atoms with van der Waals surface area (Å²) < 4.78 is 0. The lowest BCUT2D eigenvalue weighted by molar-refractivity contribution is -0.0583. The summed E-state index contributed by atoms with van der Waals surface area (Å²) in [7, 11) is 0. The number of hydrogen-bond acceptors (Lipinski definition) is 4. The summed E-state index contributed by atoms with van der Waals surface area (Å²) in [5, 5.41) is 1.17. The van der Waals surface area contributed by atoms with E-state index in [-0.39, 0.29) is 16.7 Å². The zero-order chi connectivity index (χ0) is 16.0. The number of benzene rings is 2. The van der Waals surface area contributed by atoms with Crippen molar-refractivity contribution in [2.45, 2.75) is 0 Å². The van der Waals surface area contributed by atoms with Crippen LogP contribution in [0.1, 0.15) is 31.1 Å². The van der Waals surface area contributed by atoms with Gasteiger partial charge in [0.15, 0.2) is 0 Å². The molecule has 2 amide bonds. The van der Waals surface area contributed by atoms with Crippen molar-refractivity contribution < 1.29 is 19.2 Å². The van der Waals surface area contributed by atoms with E-state index in [0.717, 1.165) is 5.52 Å². The Bertz CT molecular complexity index is 938. The molecule has 1 aliphatic rings. The molecular weight excluding hydrogens is 296 g/mol. The first-order chi connectivity index (χ1) is 11.2. The van der Waals surface area contributed by atoms with Crippen LogP contribution in [0.5, 0.6) is 0 Å². The number of carbonyl (C=O) groups excluding carboxylic acids is 3. The number of carbonyl (C=O) groups is 3. The number of imide groups is 1. The topological polar surface area (TPSA) is 79.5 Å². The summed E-state index contributed by atoms with van der Waals surface area (Å²) in [6, 6.07) is 13.2. The molecule has 3 aromatic rings. The summed E-state index contributed by atoms with van der Waals surface area (Å²) in [5.74, 6) is -2.04. The van der Waals surface area contributed by atoms with Crippen molar-refractivity contribution in [2.75, 3.05) is 0 Å². The smallest absolute Gasteiger partial charge is 0.361 e. The number of amides is 2. The fourth-order valence-corrected chi connectivity index (χ4v) is 2.65. The minimum atomic E-state index is -0.760. The Morgan fingerprint density at radius 1 is 0.913 bits per heavy atom. The lowest BCUT2D eigenvalue weighted by atomic mass is 10.1. The summed E-state index contributed by atoms with van der Waals surface area (Å²) in [4.78, 5) is 44.8. The predicted molar refractivity (Wildman–Crippen MR) is 80.7 cm³/mol. The van der Waals surface area contributed by atoms with Gasteiger partial charge in [-0.15, -0.1) is 0 Å². The van der Waals surface area contributed by atoms with Crippen LogP contribution in [0.25, 0.3) is 10.9 Å². The Hall–Kier alpha value is -3.41. The Balaban J connectivity index is 1.67. The van der Waals surface area contributed by atoms with Crippen molar-refractivity contribution in [3.63, 3.8) is 0 Å². The molecule has 4 rings (SSSR count). The Kier molecular flexibility index (Phi) is 2.77. The Morgan fingerprint density at radius 3 is 2.30 bits per heavy atom. The van der Waals surface area contributed by atoms with Crippen molar-refractivity contribution in [2.24, 2.45) is 0 Å². The first-order valence-corrected chi connectivity index (χ1v) is 6.93. The number of nitrogens with zero attached hydrogens (tertiary/aromatic N) is 1. The minimum Gasteiger partial charge on any atom is -0.361 e. The van der Waals surface area contributed by atoms with E-state index < -0.39 is 17.8 Å². The molecule has 0 aliphatic carbocycles. The molecule has 1 N–H and O–H groups in total. The lowest BCUT2D eigenvalue weighted by Gasteiger charge is -2.13. The van der Waals surface area contributed by atoms with E-state index in [1.54, 1.807) is 36.5 Å². The van der Waals surface area contributed by atoms with Gasteiger partial charge in [0.2, 0.25) is 0 Å². The first-order valence-electron chi connectivity index (χ1n) is 6.93. The number of nitrogens with one attached hydrogen (secondary N) is 1. The van der Waals surface area contributed by atoms with E-state index in [1.807, 2.05) is 6.07 Å². The summed E-state index contributed by atoms with van der Waals surface area (Å²) in [6.07, 6.45) is 1.70. The number of H-pyrrole nitrogens is 1. The molecular formula is C17H10N2O4. The number of fused-ring (bicyclic) bond motifs is 2. The molecule has 6 heteroatoms. The number of hydroxylamine groups is 2. The van der Waals surface area contributed by atoms with Gasteiger partial charge < -0.3 is 9.82 Å². The molecule has 0 spiro atoms. The Labute approximate surface area is 130 Å². The lowest BCUT2D eigenvalue weighted by Crippen LogP contribution is -2.32. The van der Waals surface area contributed by atoms with Gasteiger partial charge in [0.05, 0.1) is 16.7 Å². The highest BCUT2D eigenvalue weighted by Crippen LogP contribution is 2.24. The average Bonchev–Trinajstić information content (AvgIpc) is 3.14. The van der Waals surface area contributed by atoms with Crippen LogP contribution in [0.15, 0.2) is 54.7 Å². The van der Waals surface area contributed by atoms with Crippen LogP contribution in [-0.2, 0) is 4.84 Å². The first kappa shape index (κ1) is 13.3. The molecule has 1 aromatic heterocycles. The number of aromatic nitrogens is 1. The molecule has 112 valence electrons. The van der Waals surface area contributed by atoms with E-state index in [4.69, 9.17) is 4.84 Å². The molecule has 0 unspecified atom stereocenters. The summed E-state index contributed by atoms with van der Waals surface area (Å²) >= 11 is 0. The van der Waals surface area contributed by atoms with Crippen LogP contribution in [-0.4, -0.2) is 27.8 Å². The van der Waals surface area contributed by atoms with Crippen molar-refractivity contribution >= 4 is 28.7 Å². The van der Waals surface area contributed by atoms with E-state index in [1.165, 1.54) is 12.1 Å². The van der Waals surface area contributed by atoms with Crippen LogP contribution in [0.3, 0.4) is 0 Å². The third-order valence-electron chi connectivity index (χ3n) is 3.75. The molecule has 0 fully saturated rings. The molecule has 2 heterocycles. The van der Waals surface area contributed by atoms with Gasteiger partial charge in [-0.25, -0.2) is 4.79 Å². The van der Waals surface area contributed by atoms with Crippen LogP contribution in [0, 0.1) is 0 Å². The number of rotatable bonds is 2. The van der Waals surface area contributed by atoms with E-state index >= 15 is 0 Å². The third kappa shape index (κ3) is 1.92. The maximum atomic E-state index is 12.4. The normalized spacial score (nSPS) is 13.5. The maximum Gasteiger partial charge on any atom is 0.364 e. The van der Waals surface area contributed by atoms with Gasteiger partial charge in [0.25, 0.3) is 11.8 Å². The van der Waals surface area contributed by atoms with E-state index in [2.05, 4.69) is 4.98 Å². The maximum absolute atomic E-state index is 12.4. The third-order valence-corrected chi connectivity index (χ3v) is 3.75. The molecule has 1 aliphatic heterocycles. The van der Waals surface area contributed by atoms with Crippen LogP contribution in [0.4, 0.5) is 0 Å². The zero-order valence-corrected chi connectivity index (χ0v) is 11.8. The molecule has 0 atom stereocenters. The van der Waals surface area contributed by atoms with Crippen molar-refractivity contribution in [3.8, 4) is 0 Å². The van der Waals surface area contributed by atoms with Crippen LogP contribution in [0.2, 0.25) is 0 Å². The van der Waals surface area contributed by atoms with Crippen molar-refractivity contribution in [1.82, 2.24) is 10.0 Å². The second-order valence-corrected chi connectivity index (χ2v) is 5.07. The number of hydrogen-bond donors (Lipinski definition) is 1. The van der Waals surface area contributed by atoms with E-state index in [0.29, 0.717) is 10.4 Å². The fraction of sp³-hybridized carbons (Fsp3) is 0. The molecule has 23 heavy (non-hydrogen) atoms. The molecule has 6 nitrogen and oxygen atoms in total. The minimum absolute atomic E-state index is 0.227. The molecule has 0 saturated heterocycles. The Morgan fingerprint density at radius 2 is 1.61 bits per heavy atom. The van der Waals surface area contributed by atoms with Crippen LogP contribution < -0.4 is 0 Å². The van der Waals surface area contributed by atoms with Gasteiger partial charge in [0.1, 0.15) is 0 Å². The summed E-state index contributed by atoms with van der Waals surface area (Å²) in [5.41, 5.74) is 1.50. The van der Waals surface area contributed by atoms with Gasteiger partial charge in [0, 0.05) is 17.1 Å². The van der Waals surface area contributed by atoms with Gasteiger partial charge >= 0.3 is 5.97 Å². The van der Waals surface area contributed by atoms with Gasteiger partial charge in [-0.1, -0.05) is 23.3 Å². The van der Waals surface area contributed by atoms with Crippen molar-refractivity contribution in [1.29, 1.82) is 0 Å². The molecule has 2 aromatic carbocycles. The summed E-state index contributed by atoms with van der Waals surface area (Å²) in [6.45, 7) is 0. The molecule has 0 bridgehead atoms. The van der Waals surface area contributed by atoms with Crippen LogP contribution >= 0.6 is 0 Å². The number of aromatic amines is 1. The van der Waals surface area contributed by atoms with Gasteiger partial charge in [-0.2, -0.15) is 0 Å². The SMILES string of the molecule is O=C(ON1C(=O)c2ccccc2C1=O)c1cccc2[nH]ccc12. The molecule has 0 saturated carbocycles. The quantitative estimate of drug-likeness (QED) is 0.738.